The monoisotopic (exact) mass is 278 g/mol. The summed E-state index contributed by atoms with van der Waals surface area (Å²) >= 11 is 6.18. The average Bonchev–Trinajstić information content (AvgIpc) is 3.00. The first-order valence-electron chi connectivity index (χ1n) is 6.72. The fourth-order valence-electron chi connectivity index (χ4n) is 2.97. The summed E-state index contributed by atoms with van der Waals surface area (Å²) < 4.78 is 7.52. The molecule has 6 heteroatoms. The van der Waals surface area contributed by atoms with Crippen LogP contribution in [-0.4, -0.2) is 40.7 Å². The van der Waals surface area contributed by atoms with E-state index in [1.54, 1.807) is 0 Å². The minimum atomic E-state index is 0.529. The summed E-state index contributed by atoms with van der Waals surface area (Å²) in [5.74, 6) is 0.894. The Morgan fingerprint density at radius 2 is 2.00 bits per heavy atom. The number of ether oxygens (including phenoxy) is 1. The van der Waals surface area contributed by atoms with Crippen LogP contribution in [0.15, 0.2) is 6.20 Å². The standard InChI is InChI=1S/C13H15ClN4O/c14-11-8-18-10-3-1-2-9(10)15-13(18)12(16-11)17-4-6-19-7-5-17/h8H,1-7H2. The normalized spacial score (nSPS) is 19.1. The van der Waals surface area contributed by atoms with Crippen LogP contribution in [0.4, 0.5) is 5.82 Å². The van der Waals surface area contributed by atoms with Gasteiger partial charge in [-0.15, -0.1) is 0 Å². The number of anilines is 1. The van der Waals surface area contributed by atoms with Gasteiger partial charge in [-0.3, -0.25) is 4.40 Å². The van der Waals surface area contributed by atoms with E-state index in [4.69, 9.17) is 21.3 Å². The van der Waals surface area contributed by atoms with E-state index in [-0.39, 0.29) is 0 Å². The fraction of sp³-hybridized carbons (Fsp3) is 0.538. The number of nitrogens with zero attached hydrogens (tertiary/aromatic N) is 4. The molecule has 1 saturated heterocycles. The minimum absolute atomic E-state index is 0.529. The van der Waals surface area contributed by atoms with E-state index in [0.717, 1.165) is 50.6 Å². The van der Waals surface area contributed by atoms with Crippen molar-refractivity contribution in [2.45, 2.75) is 19.3 Å². The molecule has 19 heavy (non-hydrogen) atoms. The number of morpholine rings is 1. The molecule has 2 aromatic heterocycles. The molecule has 1 aliphatic heterocycles. The Labute approximate surface area is 116 Å². The molecular weight excluding hydrogens is 264 g/mol. The molecule has 1 aliphatic carbocycles. The Bertz CT molecular complexity index is 633. The van der Waals surface area contributed by atoms with E-state index in [0.29, 0.717) is 5.15 Å². The highest BCUT2D eigenvalue weighted by Gasteiger charge is 2.23. The summed E-state index contributed by atoms with van der Waals surface area (Å²) in [6.45, 7) is 3.17. The number of aryl methyl sites for hydroxylation is 2. The molecule has 4 rings (SSSR count). The maximum absolute atomic E-state index is 6.18. The van der Waals surface area contributed by atoms with Crippen LogP contribution in [0.2, 0.25) is 5.15 Å². The largest absolute Gasteiger partial charge is 0.378 e. The lowest BCUT2D eigenvalue weighted by Crippen LogP contribution is -2.37. The summed E-state index contributed by atoms with van der Waals surface area (Å²) in [6.07, 6.45) is 5.22. The highest BCUT2D eigenvalue weighted by atomic mass is 35.5. The van der Waals surface area contributed by atoms with E-state index in [9.17, 15) is 0 Å². The third-order valence-electron chi connectivity index (χ3n) is 3.88. The number of halogens is 1. The van der Waals surface area contributed by atoms with Gasteiger partial charge in [-0.05, 0) is 19.3 Å². The first kappa shape index (κ1) is 11.5. The Balaban J connectivity index is 1.89. The van der Waals surface area contributed by atoms with Crippen molar-refractivity contribution in [1.29, 1.82) is 0 Å². The molecular formula is C13H15ClN4O. The van der Waals surface area contributed by atoms with Crippen molar-refractivity contribution in [2.24, 2.45) is 0 Å². The van der Waals surface area contributed by atoms with Crippen molar-refractivity contribution in [3.63, 3.8) is 0 Å². The second-order valence-corrected chi connectivity index (χ2v) is 5.43. The minimum Gasteiger partial charge on any atom is -0.378 e. The predicted octanol–water partition coefficient (Wildman–Crippen LogP) is 1.71. The number of imidazole rings is 1. The molecule has 0 radical (unpaired) electrons. The second kappa shape index (κ2) is 4.35. The molecule has 0 saturated carbocycles. The van der Waals surface area contributed by atoms with E-state index in [1.165, 1.54) is 17.8 Å². The highest BCUT2D eigenvalue weighted by molar-refractivity contribution is 6.29. The number of aromatic nitrogens is 3. The van der Waals surface area contributed by atoms with Gasteiger partial charge < -0.3 is 9.64 Å². The first-order chi connectivity index (χ1) is 9.33. The van der Waals surface area contributed by atoms with Crippen LogP contribution in [-0.2, 0) is 17.6 Å². The van der Waals surface area contributed by atoms with Gasteiger partial charge in [0.15, 0.2) is 11.5 Å². The number of hydrogen-bond acceptors (Lipinski definition) is 4. The van der Waals surface area contributed by atoms with E-state index < -0.39 is 0 Å². The molecule has 5 nitrogen and oxygen atoms in total. The maximum Gasteiger partial charge on any atom is 0.180 e. The van der Waals surface area contributed by atoms with Crippen molar-refractivity contribution < 1.29 is 4.74 Å². The lowest BCUT2D eigenvalue weighted by Gasteiger charge is -2.28. The highest BCUT2D eigenvalue weighted by Crippen LogP contribution is 2.29. The molecule has 0 amide bonds. The third kappa shape index (κ3) is 1.80. The Hall–Kier alpha value is -1.33. The van der Waals surface area contributed by atoms with Gasteiger partial charge in [0.2, 0.25) is 0 Å². The van der Waals surface area contributed by atoms with Crippen LogP contribution in [0.5, 0.6) is 0 Å². The van der Waals surface area contributed by atoms with Gasteiger partial charge in [0.05, 0.1) is 18.9 Å². The molecule has 0 unspecified atom stereocenters. The number of fused-ring (bicyclic) bond motifs is 3. The predicted molar refractivity (Wildman–Crippen MR) is 73.1 cm³/mol. The topological polar surface area (TPSA) is 42.7 Å². The van der Waals surface area contributed by atoms with E-state index in [1.807, 2.05) is 6.20 Å². The SMILES string of the molecule is Clc1cn2c3c(nc2c(N2CCOCC2)n1)CCC3. The number of hydrogen-bond donors (Lipinski definition) is 0. The van der Waals surface area contributed by atoms with Gasteiger partial charge in [0.1, 0.15) is 5.15 Å². The zero-order valence-corrected chi connectivity index (χ0v) is 11.4. The third-order valence-corrected chi connectivity index (χ3v) is 4.06. The maximum atomic E-state index is 6.18. The van der Waals surface area contributed by atoms with Gasteiger partial charge in [0.25, 0.3) is 0 Å². The van der Waals surface area contributed by atoms with Crippen LogP contribution in [0.1, 0.15) is 17.8 Å². The molecule has 0 atom stereocenters. The second-order valence-electron chi connectivity index (χ2n) is 5.04. The van der Waals surface area contributed by atoms with Gasteiger partial charge in [0, 0.05) is 25.0 Å². The van der Waals surface area contributed by atoms with Crippen molar-refractivity contribution in [2.75, 3.05) is 31.2 Å². The molecule has 2 aromatic rings. The molecule has 3 heterocycles. The molecule has 2 aliphatic rings. The van der Waals surface area contributed by atoms with Gasteiger partial charge >= 0.3 is 0 Å². The fourth-order valence-corrected chi connectivity index (χ4v) is 3.15. The zero-order chi connectivity index (χ0) is 12.8. The van der Waals surface area contributed by atoms with Crippen molar-refractivity contribution in [1.82, 2.24) is 14.4 Å². The first-order valence-corrected chi connectivity index (χ1v) is 7.10. The summed E-state index contributed by atoms with van der Waals surface area (Å²) in [4.78, 5) is 11.5. The Kier molecular flexibility index (Phi) is 2.63. The molecule has 100 valence electrons. The van der Waals surface area contributed by atoms with E-state index in [2.05, 4.69) is 14.3 Å². The quantitative estimate of drug-likeness (QED) is 0.796. The summed E-state index contributed by atoms with van der Waals surface area (Å²) in [5.41, 5.74) is 3.45. The number of rotatable bonds is 1. The van der Waals surface area contributed by atoms with Gasteiger partial charge in [-0.25, -0.2) is 9.97 Å². The lowest BCUT2D eigenvalue weighted by atomic mass is 10.3. The molecule has 0 aromatic carbocycles. The zero-order valence-electron chi connectivity index (χ0n) is 10.6. The lowest BCUT2D eigenvalue weighted by molar-refractivity contribution is 0.122. The van der Waals surface area contributed by atoms with Crippen LogP contribution in [0.3, 0.4) is 0 Å². The smallest absolute Gasteiger partial charge is 0.180 e. The summed E-state index contributed by atoms with van der Waals surface area (Å²) in [6, 6.07) is 0. The van der Waals surface area contributed by atoms with Crippen LogP contribution in [0, 0.1) is 0 Å². The Morgan fingerprint density at radius 3 is 2.84 bits per heavy atom. The van der Waals surface area contributed by atoms with Crippen LogP contribution < -0.4 is 4.90 Å². The molecule has 0 spiro atoms. The van der Waals surface area contributed by atoms with Gasteiger partial charge in [-0.1, -0.05) is 11.6 Å². The van der Waals surface area contributed by atoms with Crippen LogP contribution in [0.25, 0.3) is 5.65 Å². The van der Waals surface area contributed by atoms with Gasteiger partial charge in [-0.2, -0.15) is 0 Å². The molecule has 1 fully saturated rings. The Morgan fingerprint density at radius 1 is 1.16 bits per heavy atom. The van der Waals surface area contributed by atoms with Crippen molar-refractivity contribution >= 4 is 23.1 Å². The average molecular weight is 279 g/mol. The summed E-state index contributed by atoms with van der Waals surface area (Å²) in [7, 11) is 0. The van der Waals surface area contributed by atoms with Crippen LogP contribution >= 0.6 is 11.6 Å². The summed E-state index contributed by atoms with van der Waals surface area (Å²) in [5, 5.41) is 0.529. The molecule has 0 N–H and O–H groups in total. The molecule has 0 bridgehead atoms. The van der Waals surface area contributed by atoms with E-state index >= 15 is 0 Å². The van der Waals surface area contributed by atoms with Crippen molar-refractivity contribution in [3.8, 4) is 0 Å². The van der Waals surface area contributed by atoms with Crippen molar-refractivity contribution in [3.05, 3.63) is 22.7 Å².